The van der Waals surface area contributed by atoms with Crippen LogP contribution in [0.25, 0.3) is 0 Å². The molecule has 0 saturated heterocycles. The molecule has 1 aromatic rings. The van der Waals surface area contributed by atoms with Gasteiger partial charge < -0.3 is 9.84 Å². The van der Waals surface area contributed by atoms with Gasteiger partial charge in [0.15, 0.2) is 11.9 Å². The lowest BCUT2D eigenvalue weighted by Gasteiger charge is -2.31. The lowest BCUT2D eigenvalue weighted by Crippen LogP contribution is -2.35. The number of fused-ring (bicyclic) bond motifs is 1. The number of hydrogen-bond acceptors (Lipinski definition) is 3. The van der Waals surface area contributed by atoms with Crippen molar-refractivity contribution in [1.82, 2.24) is 4.98 Å². The topological polar surface area (TPSA) is 42.4 Å². The van der Waals surface area contributed by atoms with Gasteiger partial charge in [-0.25, -0.2) is 13.8 Å². The quantitative estimate of drug-likeness (QED) is 0.832. The minimum Gasteiger partial charge on any atom is -0.488 e. The van der Waals surface area contributed by atoms with Crippen LogP contribution in [-0.4, -0.2) is 28.3 Å². The first kappa shape index (κ1) is 16.3. The molecule has 1 heterocycles. The van der Waals surface area contributed by atoms with Crippen LogP contribution in [0.2, 0.25) is 0 Å². The average Bonchev–Trinajstić information content (AvgIpc) is 2.58. The van der Waals surface area contributed by atoms with Crippen LogP contribution < -0.4 is 4.74 Å². The maximum absolute atomic E-state index is 14.0. The lowest BCUT2D eigenvalue weighted by atomic mass is 9.93. The first-order chi connectivity index (χ1) is 10.5. The second-order valence-corrected chi connectivity index (χ2v) is 5.54. The van der Waals surface area contributed by atoms with E-state index < -0.39 is 59.2 Å². The van der Waals surface area contributed by atoms with Crippen molar-refractivity contribution < 1.29 is 40.6 Å². The number of aliphatic hydroxyl groups excluding tert-OH is 1. The summed E-state index contributed by atoms with van der Waals surface area (Å²) in [4.78, 5) is 3.00. The number of hydrogen-bond donors (Lipinski definition) is 1. The van der Waals surface area contributed by atoms with E-state index >= 15 is 0 Å². The Labute approximate surface area is 125 Å². The molecule has 3 rings (SSSR count). The molecule has 0 bridgehead atoms. The molecule has 128 valence electrons. The molecule has 1 fully saturated rings. The van der Waals surface area contributed by atoms with E-state index in [0.717, 1.165) is 0 Å². The molecule has 0 spiro atoms. The largest absolute Gasteiger partial charge is 0.488 e. The minimum atomic E-state index is -5.15. The summed E-state index contributed by atoms with van der Waals surface area (Å²) < 4.78 is 97.7. The van der Waals surface area contributed by atoms with Gasteiger partial charge in [-0.05, 0) is 0 Å². The number of aromatic nitrogens is 1. The van der Waals surface area contributed by atoms with Gasteiger partial charge in [-0.1, -0.05) is 0 Å². The molecule has 2 aliphatic rings. The molecule has 0 unspecified atom stereocenters. The third kappa shape index (κ3) is 2.43. The van der Waals surface area contributed by atoms with Crippen LogP contribution in [0.1, 0.15) is 41.9 Å². The van der Waals surface area contributed by atoms with E-state index in [1.165, 1.54) is 0 Å². The zero-order chi connectivity index (χ0) is 17.2. The van der Waals surface area contributed by atoms with Gasteiger partial charge in [0.25, 0.3) is 0 Å². The van der Waals surface area contributed by atoms with E-state index in [9.17, 15) is 35.8 Å². The zero-order valence-corrected chi connectivity index (χ0v) is 11.2. The lowest BCUT2D eigenvalue weighted by molar-refractivity contribution is -0.154. The summed E-state index contributed by atoms with van der Waals surface area (Å²) in [5.41, 5.74) is -4.19. The molecule has 1 aromatic heterocycles. The molecule has 2 atom stereocenters. The van der Waals surface area contributed by atoms with Crippen LogP contribution in [-0.2, 0) is 6.18 Å². The van der Waals surface area contributed by atoms with Crippen LogP contribution in [0.3, 0.4) is 0 Å². The smallest absolute Gasteiger partial charge is 0.433 e. The maximum Gasteiger partial charge on any atom is 0.433 e. The van der Waals surface area contributed by atoms with Crippen molar-refractivity contribution in [3.05, 3.63) is 23.0 Å². The Morgan fingerprint density at radius 2 is 1.78 bits per heavy atom. The molecule has 0 aromatic carbocycles. The third-order valence-corrected chi connectivity index (χ3v) is 3.95. The second kappa shape index (κ2) is 4.96. The van der Waals surface area contributed by atoms with Crippen molar-refractivity contribution in [2.24, 2.45) is 0 Å². The zero-order valence-electron chi connectivity index (χ0n) is 11.2. The van der Waals surface area contributed by atoms with Gasteiger partial charge in [-0.15, -0.1) is 0 Å². The second-order valence-electron chi connectivity index (χ2n) is 5.54. The van der Waals surface area contributed by atoms with Crippen LogP contribution in [0, 0.1) is 0 Å². The van der Waals surface area contributed by atoms with E-state index in [-0.39, 0.29) is 12.8 Å². The summed E-state index contributed by atoms with van der Waals surface area (Å²) in [6, 6.07) is 0. The van der Waals surface area contributed by atoms with Gasteiger partial charge >= 0.3 is 12.1 Å². The van der Waals surface area contributed by atoms with E-state index in [1.54, 1.807) is 0 Å². The van der Waals surface area contributed by atoms with Crippen LogP contribution >= 0.6 is 0 Å². The standard InChI is InChI=1S/C13H10F7NO2/c14-4-1-5(2-4)23-6-3-21-10(13(18,19)20)8-7(6)9(15)12(16,17)11(8)22/h3-5,9,11,22H,1-2H2/t4?,5?,9-,11+/m1/s1. The van der Waals surface area contributed by atoms with Gasteiger partial charge in [-0.2, -0.15) is 22.0 Å². The fourth-order valence-corrected chi connectivity index (χ4v) is 2.68. The molecular formula is C13H10F7NO2. The summed E-state index contributed by atoms with van der Waals surface area (Å²) in [7, 11) is 0. The van der Waals surface area contributed by atoms with Crippen molar-refractivity contribution in [3.63, 3.8) is 0 Å². The number of aliphatic hydroxyl groups is 1. The Hall–Kier alpha value is -1.58. The van der Waals surface area contributed by atoms with Crippen LogP contribution in [0.4, 0.5) is 30.7 Å². The Morgan fingerprint density at radius 1 is 1.17 bits per heavy atom. The summed E-state index contributed by atoms with van der Waals surface area (Å²) in [5.74, 6) is -5.07. The Kier molecular flexibility index (Phi) is 3.51. The number of ether oxygens (including phenoxy) is 1. The van der Waals surface area contributed by atoms with Crippen molar-refractivity contribution in [3.8, 4) is 5.75 Å². The predicted molar refractivity (Wildman–Crippen MR) is 61.5 cm³/mol. The number of nitrogens with zero attached hydrogens (tertiary/aromatic N) is 1. The third-order valence-electron chi connectivity index (χ3n) is 3.95. The van der Waals surface area contributed by atoms with Crippen molar-refractivity contribution >= 4 is 0 Å². The van der Waals surface area contributed by atoms with E-state index in [1.807, 2.05) is 0 Å². The molecule has 0 radical (unpaired) electrons. The molecule has 0 amide bonds. The monoisotopic (exact) mass is 345 g/mol. The van der Waals surface area contributed by atoms with Crippen molar-refractivity contribution in [1.29, 1.82) is 0 Å². The van der Waals surface area contributed by atoms with Crippen molar-refractivity contribution in [2.45, 2.75) is 49.5 Å². The molecule has 3 nitrogen and oxygen atoms in total. The molecule has 1 saturated carbocycles. The highest BCUT2D eigenvalue weighted by molar-refractivity contribution is 5.50. The molecule has 23 heavy (non-hydrogen) atoms. The van der Waals surface area contributed by atoms with E-state index in [0.29, 0.717) is 6.20 Å². The van der Waals surface area contributed by atoms with E-state index in [2.05, 4.69) is 4.98 Å². The normalized spacial score (nSPS) is 32.3. The SMILES string of the molecule is O[C@H]1c2c(C(F)(F)F)ncc(OC3CC(F)C3)c2[C@@H](F)C1(F)F. The number of alkyl halides is 7. The Bertz CT molecular complexity index is 627. The highest BCUT2D eigenvalue weighted by Crippen LogP contribution is 2.57. The first-order valence-corrected chi connectivity index (χ1v) is 6.64. The molecule has 1 N–H and O–H groups in total. The van der Waals surface area contributed by atoms with Gasteiger partial charge in [0.2, 0.25) is 0 Å². The molecule has 0 aliphatic heterocycles. The average molecular weight is 345 g/mol. The molecular weight excluding hydrogens is 335 g/mol. The maximum atomic E-state index is 14.0. The van der Waals surface area contributed by atoms with Crippen molar-refractivity contribution in [2.75, 3.05) is 0 Å². The highest BCUT2D eigenvalue weighted by Gasteiger charge is 2.60. The predicted octanol–water partition coefficient (Wildman–Crippen LogP) is 3.67. The van der Waals surface area contributed by atoms with Crippen LogP contribution in [0.5, 0.6) is 5.75 Å². The fourth-order valence-electron chi connectivity index (χ4n) is 2.68. The Balaban J connectivity index is 2.08. The number of halogens is 7. The van der Waals surface area contributed by atoms with Gasteiger partial charge in [0.1, 0.15) is 24.1 Å². The summed E-state index contributed by atoms with van der Waals surface area (Å²) >= 11 is 0. The van der Waals surface area contributed by atoms with Gasteiger partial charge in [0, 0.05) is 24.0 Å². The minimum absolute atomic E-state index is 0.0777. The summed E-state index contributed by atoms with van der Waals surface area (Å²) in [5, 5.41) is 9.45. The molecule has 2 aliphatic carbocycles. The summed E-state index contributed by atoms with van der Waals surface area (Å²) in [6.45, 7) is 0. The summed E-state index contributed by atoms with van der Waals surface area (Å²) in [6.07, 6.45) is -12.9. The van der Waals surface area contributed by atoms with Crippen LogP contribution in [0.15, 0.2) is 6.20 Å². The number of pyridine rings is 1. The Morgan fingerprint density at radius 3 is 2.30 bits per heavy atom. The fraction of sp³-hybridized carbons (Fsp3) is 0.615. The van der Waals surface area contributed by atoms with E-state index in [4.69, 9.17) is 4.74 Å². The molecule has 10 heteroatoms. The van der Waals surface area contributed by atoms with Gasteiger partial charge in [-0.3, -0.25) is 0 Å². The van der Waals surface area contributed by atoms with Gasteiger partial charge in [0.05, 0.1) is 6.20 Å². The first-order valence-electron chi connectivity index (χ1n) is 6.64. The number of rotatable bonds is 2. The highest BCUT2D eigenvalue weighted by atomic mass is 19.4.